The molecule has 0 radical (unpaired) electrons. The average Bonchev–Trinajstić information content (AvgIpc) is 3.12. The van der Waals surface area contributed by atoms with Crippen LogP contribution in [0.5, 0.6) is 0 Å². The van der Waals surface area contributed by atoms with E-state index < -0.39 is 24.2 Å². The lowest BCUT2D eigenvalue weighted by Crippen LogP contribution is -2.17. The molecule has 0 aromatic heterocycles. The Morgan fingerprint density at radius 1 is 1.38 bits per heavy atom. The molecule has 1 aromatic carbocycles. The molecule has 0 bridgehead atoms. The fourth-order valence-electron chi connectivity index (χ4n) is 1.99. The summed E-state index contributed by atoms with van der Waals surface area (Å²) in [4.78, 5) is 34.2. The van der Waals surface area contributed by atoms with Gasteiger partial charge in [0.1, 0.15) is 5.82 Å². The molecule has 0 aliphatic heterocycles. The Morgan fingerprint density at radius 2 is 2.05 bits per heavy atom. The van der Waals surface area contributed by atoms with Crippen molar-refractivity contribution in [1.82, 2.24) is 0 Å². The number of rotatable bonds is 5. The topological polar surface area (TPSA) is 72.5 Å². The van der Waals surface area contributed by atoms with E-state index in [0.29, 0.717) is 5.92 Å². The van der Waals surface area contributed by atoms with Crippen molar-refractivity contribution in [2.45, 2.75) is 20.3 Å². The molecule has 0 heterocycles. The Bertz CT molecular complexity index is 599. The quantitative estimate of drug-likeness (QED) is 0.667. The minimum absolute atomic E-state index is 0.134. The number of ether oxygens (including phenoxy) is 1. The fraction of sp³-hybridized carbons (Fsp3) is 0.400. The number of halogens is 1. The van der Waals surface area contributed by atoms with Gasteiger partial charge in [-0.15, -0.1) is 0 Å². The minimum atomic E-state index is -0.762. The van der Waals surface area contributed by atoms with Gasteiger partial charge in [0.15, 0.2) is 6.61 Å². The van der Waals surface area contributed by atoms with Gasteiger partial charge in [-0.1, -0.05) is 6.92 Å². The minimum Gasteiger partial charge on any atom is -0.457 e. The van der Waals surface area contributed by atoms with Crippen molar-refractivity contribution in [3.63, 3.8) is 0 Å². The predicted octanol–water partition coefficient (Wildman–Crippen LogP) is 2.17. The molecule has 1 saturated carbocycles. The Balaban J connectivity index is 1.95. The first kappa shape index (κ1) is 15.2. The summed E-state index contributed by atoms with van der Waals surface area (Å²) in [5, 5.41) is 2.41. The first-order valence-electron chi connectivity index (χ1n) is 6.65. The van der Waals surface area contributed by atoms with E-state index in [0.717, 1.165) is 12.5 Å². The van der Waals surface area contributed by atoms with Gasteiger partial charge in [0.05, 0.1) is 11.5 Å². The van der Waals surface area contributed by atoms with E-state index in [4.69, 9.17) is 4.74 Å². The lowest BCUT2D eigenvalue weighted by atomic mass is 10.1. The normalized spacial score (nSPS) is 19.8. The summed E-state index contributed by atoms with van der Waals surface area (Å²) in [5.74, 6) is -1.95. The van der Waals surface area contributed by atoms with Crippen LogP contribution in [0.25, 0.3) is 0 Å². The Morgan fingerprint density at radius 3 is 2.57 bits per heavy atom. The van der Waals surface area contributed by atoms with E-state index in [1.54, 1.807) is 0 Å². The van der Waals surface area contributed by atoms with Gasteiger partial charge < -0.3 is 10.1 Å². The molecule has 0 unspecified atom stereocenters. The highest BCUT2D eigenvalue weighted by molar-refractivity contribution is 5.99. The monoisotopic (exact) mass is 293 g/mol. The standard InChI is InChI=1S/C15H16FNO4/c1-8-5-12(8)15(20)21-7-14(19)11-4-3-10(6-13(11)16)17-9(2)18/h3-4,6,8,12H,5,7H2,1-2H3,(H,17,18)/t8-,12-/m1/s1. The molecule has 5 nitrogen and oxygen atoms in total. The number of esters is 1. The molecule has 0 spiro atoms. The first-order chi connectivity index (χ1) is 9.88. The van der Waals surface area contributed by atoms with Crippen LogP contribution in [-0.4, -0.2) is 24.3 Å². The van der Waals surface area contributed by atoms with E-state index in [9.17, 15) is 18.8 Å². The van der Waals surface area contributed by atoms with Crippen molar-refractivity contribution in [3.05, 3.63) is 29.6 Å². The molecule has 6 heteroatoms. The Kier molecular flexibility index (Phi) is 4.35. The molecule has 1 aromatic rings. The van der Waals surface area contributed by atoms with Gasteiger partial charge in [-0.2, -0.15) is 0 Å². The van der Waals surface area contributed by atoms with E-state index in [1.165, 1.54) is 19.1 Å². The van der Waals surface area contributed by atoms with E-state index in [-0.39, 0.29) is 23.1 Å². The van der Waals surface area contributed by atoms with Gasteiger partial charge in [-0.05, 0) is 30.5 Å². The number of anilines is 1. The average molecular weight is 293 g/mol. The molecule has 112 valence electrons. The van der Waals surface area contributed by atoms with Crippen molar-refractivity contribution >= 4 is 23.3 Å². The SMILES string of the molecule is CC(=O)Nc1ccc(C(=O)COC(=O)[C@@H]2C[C@H]2C)c(F)c1. The van der Waals surface area contributed by atoms with E-state index in [2.05, 4.69) is 5.32 Å². The van der Waals surface area contributed by atoms with E-state index >= 15 is 0 Å². The Hall–Kier alpha value is -2.24. The molecule has 2 atom stereocenters. The van der Waals surface area contributed by atoms with Crippen LogP contribution in [0.1, 0.15) is 30.6 Å². The third-order valence-electron chi connectivity index (χ3n) is 3.35. The summed E-state index contributed by atoms with van der Waals surface area (Å²) >= 11 is 0. The highest BCUT2D eigenvalue weighted by atomic mass is 19.1. The van der Waals surface area contributed by atoms with Crippen molar-refractivity contribution in [2.75, 3.05) is 11.9 Å². The van der Waals surface area contributed by atoms with E-state index in [1.807, 2.05) is 6.92 Å². The van der Waals surface area contributed by atoms with Crippen LogP contribution in [0, 0.1) is 17.7 Å². The molecule has 1 aliphatic carbocycles. The number of benzene rings is 1. The molecule has 1 N–H and O–H groups in total. The highest BCUT2D eigenvalue weighted by Gasteiger charge is 2.40. The van der Waals surface area contributed by atoms with Gasteiger partial charge in [0, 0.05) is 12.6 Å². The number of nitrogens with one attached hydrogen (secondary N) is 1. The van der Waals surface area contributed by atoms with Gasteiger partial charge in [0.2, 0.25) is 11.7 Å². The third kappa shape index (κ3) is 3.87. The van der Waals surface area contributed by atoms with Gasteiger partial charge in [-0.3, -0.25) is 14.4 Å². The zero-order valence-electron chi connectivity index (χ0n) is 11.8. The van der Waals surface area contributed by atoms with Crippen molar-refractivity contribution in [1.29, 1.82) is 0 Å². The number of hydrogen-bond donors (Lipinski definition) is 1. The number of amides is 1. The fourth-order valence-corrected chi connectivity index (χ4v) is 1.99. The van der Waals surface area contributed by atoms with Crippen LogP contribution in [-0.2, 0) is 14.3 Å². The third-order valence-corrected chi connectivity index (χ3v) is 3.35. The zero-order valence-corrected chi connectivity index (χ0v) is 11.8. The van der Waals surface area contributed by atoms with Crippen molar-refractivity contribution in [3.8, 4) is 0 Å². The number of Topliss-reactive ketones (excluding diaryl/α,β-unsaturated/α-hetero) is 1. The summed E-state index contributed by atoms with van der Waals surface area (Å²) in [6.45, 7) is 2.75. The largest absolute Gasteiger partial charge is 0.457 e. The maximum absolute atomic E-state index is 13.8. The van der Waals surface area contributed by atoms with Crippen molar-refractivity contribution in [2.24, 2.45) is 11.8 Å². The first-order valence-corrected chi connectivity index (χ1v) is 6.65. The number of carbonyl (C=O) groups is 3. The lowest BCUT2D eigenvalue weighted by molar-refractivity contribution is -0.144. The molecule has 1 fully saturated rings. The van der Waals surface area contributed by atoms with Gasteiger partial charge in [0.25, 0.3) is 0 Å². The highest BCUT2D eigenvalue weighted by Crippen LogP contribution is 2.38. The summed E-state index contributed by atoms with van der Waals surface area (Å²) in [7, 11) is 0. The second kappa shape index (κ2) is 6.03. The molecule has 1 aliphatic rings. The summed E-state index contributed by atoms with van der Waals surface area (Å²) in [6.07, 6.45) is 0.771. The van der Waals surface area contributed by atoms with Crippen LogP contribution < -0.4 is 5.32 Å². The molecular formula is C15H16FNO4. The maximum Gasteiger partial charge on any atom is 0.309 e. The van der Waals surface area contributed by atoms with Gasteiger partial charge in [-0.25, -0.2) is 4.39 Å². The summed E-state index contributed by atoms with van der Waals surface area (Å²) in [5.41, 5.74) is 0.0982. The van der Waals surface area contributed by atoms with Crippen LogP contribution in [0.2, 0.25) is 0 Å². The maximum atomic E-state index is 13.8. The molecule has 21 heavy (non-hydrogen) atoms. The second-order valence-electron chi connectivity index (χ2n) is 5.23. The summed E-state index contributed by atoms with van der Waals surface area (Å²) < 4.78 is 18.7. The van der Waals surface area contributed by atoms with Crippen LogP contribution in [0.15, 0.2) is 18.2 Å². The van der Waals surface area contributed by atoms with Crippen LogP contribution in [0.3, 0.4) is 0 Å². The molecule has 0 saturated heterocycles. The van der Waals surface area contributed by atoms with Crippen LogP contribution >= 0.6 is 0 Å². The molecule has 2 rings (SSSR count). The molecular weight excluding hydrogens is 277 g/mol. The van der Waals surface area contributed by atoms with Crippen molar-refractivity contribution < 1.29 is 23.5 Å². The Labute approximate surface area is 121 Å². The molecule has 1 amide bonds. The smallest absolute Gasteiger partial charge is 0.309 e. The van der Waals surface area contributed by atoms with Crippen LogP contribution in [0.4, 0.5) is 10.1 Å². The summed E-state index contributed by atoms with van der Waals surface area (Å²) in [6, 6.07) is 3.73. The number of hydrogen-bond acceptors (Lipinski definition) is 4. The predicted molar refractivity (Wildman–Crippen MR) is 73.3 cm³/mol. The zero-order chi connectivity index (χ0) is 15.6. The number of carbonyl (C=O) groups excluding carboxylic acids is 3. The van der Waals surface area contributed by atoms with Gasteiger partial charge >= 0.3 is 5.97 Å². The number of ketones is 1. The lowest BCUT2D eigenvalue weighted by Gasteiger charge is -2.07. The second-order valence-corrected chi connectivity index (χ2v) is 5.23.